The zero-order chi connectivity index (χ0) is 14.4. The number of alkyl carbamates (subject to hydrolysis) is 1. The van der Waals surface area contributed by atoms with Crippen molar-refractivity contribution in [2.45, 2.75) is 70.4 Å². The number of ether oxygens (including phenoxy) is 1. The fourth-order valence-corrected chi connectivity index (χ4v) is 3.00. The number of hydrogen-bond donors (Lipinski definition) is 1. The summed E-state index contributed by atoms with van der Waals surface area (Å²) in [7, 11) is 0. The highest BCUT2D eigenvalue weighted by Gasteiger charge is 2.37. The van der Waals surface area contributed by atoms with Crippen LogP contribution in [-0.4, -0.2) is 42.1 Å². The zero-order valence-corrected chi connectivity index (χ0v) is 12.4. The molecule has 2 saturated carbocycles. The Balaban J connectivity index is 1.77. The summed E-state index contributed by atoms with van der Waals surface area (Å²) >= 11 is 0. The van der Waals surface area contributed by atoms with Gasteiger partial charge in [-0.05, 0) is 32.6 Å². The number of carbonyl (C=O) groups is 2. The summed E-state index contributed by atoms with van der Waals surface area (Å²) in [6.07, 6.45) is 8.31. The van der Waals surface area contributed by atoms with Gasteiger partial charge in [0.05, 0.1) is 6.61 Å². The van der Waals surface area contributed by atoms with E-state index in [0.29, 0.717) is 31.7 Å². The molecule has 0 radical (unpaired) electrons. The first-order valence-corrected chi connectivity index (χ1v) is 7.94. The molecule has 0 spiro atoms. The maximum absolute atomic E-state index is 12.4. The Bertz CT molecular complexity index is 336. The number of rotatable bonds is 6. The topological polar surface area (TPSA) is 58.6 Å². The predicted molar refractivity (Wildman–Crippen MR) is 76.4 cm³/mol. The zero-order valence-electron chi connectivity index (χ0n) is 12.4. The van der Waals surface area contributed by atoms with E-state index in [4.69, 9.17) is 4.74 Å². The van der Waals surface area contributed by atoms with E-state index in [1.165, 1.54) is 19.3 Å². The second-order valence-corrected chi connectivity index (χ2v) is 5.72. The SMILES string of the molecule is CCOC(=O)NCCC(=O)N(C1CCCCC1)C1CC1. The molecule has 0 heterocycles. The lowest BCUT2D eigenvalue weighted by Gasteiger charge is -2.34. The van der Waals surface area contributed by atoms with E-state index in [2.05, 4.69) is 10.2 Å². The molecule has 114 valence electrons. The van der Waals surface area contributed by atoms with Crippen LogP contribution in [0.15, 0.2) is 0 Å². The van der Waals surface area contributed by atoms with Crippen LogP contribution in [0.4, 0.5) is 4.79 Å². The third kappa shape index (κ3) is 4.39. The Hall–Kier alpha value is -1.26. The minimum atomic E-state index is -0.434. The Labute approximate surface area is 121 Å². The van der Waals surface area contributed by atoms with Gasteiger partial charge in [0.1, 0.15) is 0 Å². The summed E-state index contributed by atoms with van der Waals surface area (Å²) < 4.78 is 4.79. The molecule has 1 N–H and O–H groups in total. The Morgan fingerprint density at radius 1 is 1.10 bits per heavy atom. The van der Waals surface area contributed by atoms with E-state index in [1.807, 2.05) is 0 Å². The largest absolute Gasteiger partial charge is 0.450 e. The molecule has 0 bridgehead atoms. The summed E-state index contributed by atoms with van der Waals surface area (Å²) in [6.45, 7) is 2.49. The summed E-state index contributed by atoms with van der Waals surface area (Å²) in [5.74, 6) is 0.191. The van der Waals surface area contributed by atoms with Crippen LogP contribution in [0.2, 0.25) is 0 Å². The monoisotopic (exact) mass is 282 g/mol. The van der Waals surface area contributed by atoms with Gasteiger partial charge in [0.2, 0.25) is 5.91 Å². The lowest BCUT2D eigenvalue weighted by atomic mass is 9.94. The normalized spacial score (nSPS) is 19.4. The first-order valence-electron chi connectivity index (χ1n) is 7.94. The van der Waals surface area contributed by atoms with Gasteiger partial charge in [-0.15, -0.1) is 0 Å². The Morgan fingerprint density at radius 3 is 2.35 bits per heavy atom. The van der Waals surface area contributed by atoms with Gasteiger partial charge >= 0.3 is 6.09 Å². The molecule has 0 aliphatic heterocycles. The van der Waals surface area contributed by atoms with E-state index in [-0.39, 0.29) is 5.91 Å². The van der Waals surface area contributed by atoms with Gasteiger partial charge in [-0.1, -0.05) is 19.3 Å². The summed E-state index contributed by atoms with van der Waals surface area (Å²) in [4.78, 5) is 25.7. The van der Waals surface area contributed by atoms with Crippen LogP contribution >= 0.6 is 0 Å². The second kappa shape index (κ2) is 7.50. The number of hydrogen-bond acceptors (Lipinski definition) is 3. The van der Waals surface area contributed by atoms with Crippen molar-refractivity contribution in [3.8, 4) is 0 Å². The maximum atomic E-state index is 12.4. The molecule has 0 aromatic heterocycles. The molecule has 0 aromatic rings. The van der Waals surface area contributed by atoms with Crippen molar-refractivity contribution >= 4 is 12.0 Å². The van der Waals surface area contributed by atoms with Crippen molar-refractivity contribution in [1.82, 2.24) is 10.2 Å². The van der Waals surface area contributed by atoms with Crippen LogP contribution in [0.5, 0.6) is 0 Å². The Morgan fingerprint density at radius 2 is 1.75 bits per heavy atom. The van der Waals surface area contributed by atoms with E-state index < -0.39 is 6.09 Å². The van der Waals surface area contributed by atoms with Crippen LogP contribution in [-0.2, 0) is 9.53 Å². The molecule has 0 unspecified atom stereocenters. The number of nitrogens with zero attached hydrogens (tertiary/aromatic N) is 1. The molecule has 2 rings (SSSR count). The van der Waals surface area contributed by atoms with Crippen LogP contribution in [0.3, 0.4) is 0 Å². The van der Waals surface area contributed by atoms with Crippen molar-refractivity contribution in [1.29, 1.82) is 0 Å². The molecule has 0 saturated heterocycles. The van der Waals surface area contributed by atoms with E-state index in [9.17, 15) is 9.59 Å². The molecular weight excluding hydrogens is 256 g/mol. The number of carbonyl (C=O) groups excluding carboxylic acids is 2. The second-order valence-electron chi connectivity index (χ2n) is 5.72. The van der Waals surface area contributed by atoms with Crippen molar-refractivity contribution in [2.75, 3.05) is 13.2 Å². The fraction of sp³-hybridized carbons (Fsp3) is 0.867. The molecule has 2 fully saturated rings. The summed E-state index contributed by atoms with van der Waals surface area (Å²) in [5.41, 5.74) is 0. The molecule has 20 heavy (non-hydrogen) atoms. The first-order chi connectivity index (χ1) is 9.72. The molecule has 0 aromatic carbocycles. The average molecular weight is 282 g/mol. The van der Waals surface area contributed by atoms with E-state index >= 15 is 0 Å². The summed E-state index contributed by atoms with van der Waals surface area (Å²) in [5, 5.41) is 2.62. The molecule has 5 nitrogen and oxygen atoms in total. The quantitative estimate of drug-likeness (QED) is 0.814. The smallest absolute Gasteiger partial charge is 0.407 e. The lowest BCUT2D eigenvalue weighted by Crippen LogP contribution is -2.44. The number of nitrogens with one attached hydrogen (secondary N) is 1. The maximum Gasteiger partial charge on any atom is 0.407 e. The lowest BCUT2D eigenvalue weighted by molar-refractivity contribution is -0.134. The molecule has 0 atom stereocenters. The van der Waals surface area contributed by atoms with Gasteiger partial charge in [-0.3, -0.25) is 4.79 Å². The van der Waals surface area contributed by atoms with Crippen LogP contribution < -0.4 is 5.32 Å². The third-order valence-corrected chi connectivity index (χ3v) is 4.08. The molecule has 2 amide bonds. The van der Waals surface area contributed by atoms with Gasteiger partial charge in [0.25, 0.3) is 0 Å². The van der Waals surface area contributed by atoms with Crippen LogP contribution in [0.1, 0.15) is 58.3 Å². The fourth-order valence-electron chi connectivity index (χ4n) is 3.00. The van der Waals surface area contributed by atoms with Gasteiger partial charge in [-0.25, -0.2) is 4.79 Å². The molecule has 2 aliphatic carbocycles. The Kier molecular flexibility index (Phi) is 5.68. The molecule has 2 aliphatic rings. The van der Waals surface area contributed by atoms with Crippen LogP contribution in [0.25, 0.3) is 0 Å². The van der Waals surface area contributed by atoms with Gasteiger partial charge < -0.3 is 15.0 Å². The number of amides is 2. The standard InChI is InChI=1S/C15H26N2O3/c1-2-20-15(19)16-11-10-14(18)17(13-8-9-13)12-6-4-3-5-7-12/h12-13H,2-11H2,1H3,(H,16,19). The van der Waals surface area contributed by atoms with Gasteiger partial charge in [-0.2, -0.15) is 0 Å². The van der Waals surface area contributed by atoms with Crippen molar-refractivity contribution < 1.29 is 14.3 Å². The molecule has 5 heteroatoms. The highest BCUT2D eigenvalue weighted by molar-refractivity contribution is 5.78. The van der Waals surface area contributed by atoms with E-state index in [1.54, 1.807) is 6.92 Å². The predicted octanol–water partition coefficient (Wildman–Crippen LogP) is 2.45. The first kappa shape index (κ1) is 15.1. The highest BCUT2D eigenvalue weighted by atomic mass is 16.5. The average Bonchev–Trinajstić information content (AvgIpc) is 3.25. The minimum absolute atomic E-state index is 0.191. The third-order valence-electron chi connectivity index (χ3n) is 4.08. The minimum Gasteiger partial charge on any atom is -0.450 e. The van der Waals surface area contributed by atoms with Gasteiger partial charge in [0.15, 0.2) is 0 Å². The van der Waals surface area contributed by atoms with Crippen molar-refractivity contribution in [3.63, 3.8) is 0 Å². The molecular formula is C15H26N2O3. The van der Waals surface area contributed by atoms with Gasteiger partial charge in [0, 0.05) is 25.0 Å². The van der Waals surface area contributed by atoms with Crippen molar-refractivity contribution in [3.05, 3.63) is 0 Å². The van der Waals surface area contributed by atoms with Crippen molar-refractivity contribution in [2.24, 2.45) is 0 Å². The highest BCUT2D eigenvalue weighted by Crippen LogP contribution is 2.34. The summed E-state index contributed by atoms with van der Waals surface area (Å²) in [6, 6.07) is 0.902. The van der Waals surface area contributed by atoms with Crippen LogP contribution in [0, 0.1) is 0 Å². The van der Waals surface area contributed by atoms with E-state index in [0.717, 1.165) is 25.7 Å².